The van der Waals surface area contributed by atoms with Crippen molar-refractivity contribution in [2.75, 3.05) is 23.8 Å². The first-order chi connectivity index (χ1) is 9.20. The first kappa shape index (κ1) is 13.3. The summed E-state index contributed by atoms with van der Waals surface area (Å²) in [6.07, 6.45) is 3.54. The largest absolute Gasteiger partial charge is 0.369 e. The Morgan fingerprint density at radius 2 is 2.00 bits per heavy atom. The molecule has 0 bridgehead atoms. The summed E-state index contributed by atoms with van der Waals surface area (Å²) >= 11 is 0. The molecule has 0 unspecified atom stereocenters. The van der Waals surface area contributed by atoms with Crippen LogP contribution in [0.4, 0.5) is 11.6 Å². The number of nitrogens with zero attached hydrogens (tertiary/aromatic N) is 3. The van der Waals surface area contributed by atoms with E-state index in [2.05, 4.69) is 51.4 Å². The number of aryl methyl sites for hydroxylation is 1. The van der Waals surface area contributed by atoms with Crippen LogP contribution in [0, 0.1) is 6.92 Å². The van der Waals surface area contributed by atoms with Gasteiger partial charge in [0.25, 0.3) is 0 Å². The van der Waals surface area contributed by atoms with Crippen LogP contribution in [0.5, 0.6) is 0 Å². The van der Waals surface area contributed by atoms with E-state index >= 15 is 0 Å². The highest BCUT2D eigenvalue weighted by atomic mass is 15.2. The van der Waals surface area contributed by atoms with Crippen LogP contribution in [-0.2, 0) is 6.54 Å². The molecule has 0 amide bonds. The second-order valence-electron chi connectivity index (χ2n) is 4.58. The Bertz CT molecular complexity index is 539. The molecule has 1 aromatic carbocycles. The number of rotatable bonds is 5. The van der Waals surface area contributed by atoms with Gasteiger partial charge in [0.15, 0.2) is 0 Å². The molecule has 0 aliphatic rings. The predicted octanol–water partition coefficient (Wildman–Crippen LogP) is 2.85. The summed E-state index contributed by atoms with van der Waals surface area (Å²) in [5.74, 6) is 1.69. The van der Waals surface area contributed by atoms with Crippen molar-refractivity contribution in [3.63, 3.8) is 0 Å². The molecule has 2 aromatic rings. The number of anilines is 2. The third-order valence-electron chi connectivity index (χ3n) is 3.04. The van der Waals surface area contributed by atoms with Crippen molar-refractivity contribution >= 4 is 11.6 Å². The number of benzene rings is 1. The first-order valence-corrected chi connectivity index (χ1v) is 6.52. The number of aromatic nitrogens is 2. The summed E-state index contributed by atoms with van der Waals surface area (Å²) in [6.45, 7) is 5.85. The van der Waals surface area contributed by atoms with E-state index in [0.717, 1.165) is 24.7 Å². The van der Waals surface area contributed by atoms with Crippen LogP contribution in [0.1, 0.15) is 18.1 Å². The fourth-order valence-electron chi connectivity index (χ4n) is 1.93. The Labute approximate surface area is 114 Å². The van der Waals surface area contributed by atoms with Gasteiger partial charge in [-0.25, -0.2) is 4.98 Å². The molecule has 4 heteroatoms. The lowest BCUT2D eigenvalue weighted by Gasteiger charge is -2.19. The minimum atomic E-state index is 0.816. The van der Waals surface area contributed by atoms with Crippen LogP contribution < -0.4 is 10.2 Å². The van der Waals surface area contributed by atoms with Gasteiger partial charge >= 0.3 is 0 Å². The minimum absolute atomic E-state index is 0.816. The van der Waals surface area contributed by atoms with E-state index in [1.807, 2.05) is 14.0 Å². The molecule has 0 aliphatic heterocycles. The monoisotopic (exact) mass is 256 g/mol. The molecule has 2 rings (SSSR count). The van der Waals surface area contributed by atoms with Crippen LogP contribution in [0.2, 0.25) is 0 Å². The van der Waals surface area contributed by atoms with Crippen molar-refractivity contribution in [1.29, 1.82) is 0 Å². The van der Waals surface area contributed by atoms with Gasteiger partial charge in [-0.15, -0.1) is 0 Å². The number of hydrogen-bond donors (Lipinski definition) is 1. The van der Waals surface area contributed by atoms with Gasteiger partial charge < -0.3 is 10.2 Å². The molecule has 0 aliphatic carbocycles. The Balaban J connectivity index is 2.13. The number of hydrogen-bond acceptors (Lipinski definition) is 4. The van der Waals surface area contributed by atoms with Gasteiger partial charge in [-0.3, -0.25) is 4.98 Å². The van der Waals surface area contributed by atoms with Crippen molar-refractivity contribution < 1.29 is 0 Å². The van der Waals surface area contributed by atoms with E-state index in [1.54, 1.807) is 12.4 Å². The van der Waals surface area contributed by atoms with Gasteiger partial charge in [0, 0.05) is 20.1 Å². The highest BCUT2D eigenvalue weighted by Crippen LogP contribution is 2.15. The zero-order valence-electron chi connectivity index (χ0n) is 11.7. The maximum Gasteiger partial charge on any atom is 0.149 e. The summed E-state index contributed by atoms with van der Waals surface area (Å²) in [6, 6.07) is 8.40. The third kappa shape index (κ3) is 3.44. The van der Waals surface area contributed by atoms with Crippen molar-refractivity contribution in [3.8, 4) is 0 Å². The molecule has 0 spiro atoms. The average molecular weight is 256 g/mol. The highest BCUT2D eigenvalue weighted by molar-refractivity contribution is 5.44. The SMILES string of the molecule is CCNc1cncc(N(C)Cc2ccccc2C)n1. The van der Waals surface area contributed by atoms with Crippen molar-refractivity contribution in [2.24, 2.45) is 0 Å². The Morgan fingerprint density at radius 3 is 2.74 bits per heavy atom. The molecular formula is C15H20N4. The van der Waals surface area contributed by atoms with Crippen LogP contribution in [0.25, 0.3) is 0 Å². The zero-order valence-corrected chi connectivity index (χ0v) is 11.7. The van der Waals surface area contributed by atoms with Gasteiger partial charge in [-0.2, -0.15) is 0 Å². The van der Waals surface area contributed by atoms with Crippen molar-refractivity contribution in [1.82, 2.24) is 9.97 Å². The van der Waals surface area contributed by atoms with Crippen LogP contribution in [0.15, 0.2) is 36.7 Å². The molecule has 0 atom stereocenters. The average Bonchev–Trinajstić information content (AvgIpc) is 2.42. The van der Waals surface area contributed by atoms with Gasteiger partial charge in [0.1, 0.15) is 11.6 Å². The Kier molecular flexibility index (Phi) is 4.34. The third-order valence-corrected chi connectivity index (χ3v) is 3.04. The summed E-state index contributed by atoms with van der Waals surface area (Å²) in [5, 5.41) is 3.18. The molecule has 0 radical (unpaired) electrons. The first-order valence-electron chi connectivity index (χ1n) is 6.52. The molecule has 4 nitrogen and oxygen atoms in total. The Morgan fingerprint density at radius 1 is 1.21 bits per heavy atom. The number of nitrogens with one attached hydrogen (secondary N) is 1. The fourth-order valence-corrected chi connectivity index (χ4v) is 1.93. The maximum absolute atomic E-state index is 4.54. The Hall–Kier alpha value is -2.10. The zero-order chi connectivity index (χ0) is 13.7. The molecule has 1 aromatic heterocycles. The van der Waals surface area contributed by atoms with Crippen LogP contribution >= 0.6 is 0 Å². The van der Waals surface area contributed by atoms with E-state index < -0.39 is 0 Å². The predicted molar refractivity (Wildman–Crippen MR) is 79.5 cm³/mol. The summed E-state index contributed by atoms with van der Waals surface area (Å²) in [4.78, 5) is 10.9. The normalized spacial score (nSPS) is 10.3. The van der Waals surface area contributed by atoms with Gasteiger partial charge in [0.05, 0.1) is 12.4 Å². The molecule has 1 heterocycles. The second-order valence-corrected chi connectivity index (χ2v) is 4.58. The van der Waals surface area contributed by atoms with Gasteiger partial charge in [-0.05, 0) is 25.0 Å². The van der Waals surface area contributed by atoms with Gasteiger partial charge in [0.2, 0.25) is 0 Å². The lowest BCUT2D eigenvalue weighted by atomic mass is 10.1. The lowest BCUT2D eigenvalue weighted by Crippen LogP contribution is -2.19. The van der Waals surface area contributed by atoms with E-state index in [9.17, 15) is 0 Å². The van der Waals surface area contributed by atoms with E-state index in [-0.39, 0.29) is 0 Å². The summed E-state index contributed by atoms with van der Waals surface area (Å²) in [7, 11) is 2.03. The molecule has 0 saturated heterocycles. The van der Waals surface area contributed by atoms with Crippen LogP contribution in [-0.4, -0.2) is 23.6 Å². The topological polar surface area (TPSA) is 41.1 Å². The molecule has 100 valence electrons. The fraction of sp³-hybridized carbons (Fsp3) is 0.333. The van der Waals surface area contributed by atoms with E-state index in [4.69, 9.17) is 0 Å². The second kappa shape index (κ2) is 6.18. The maximum atomic E-state index is 4.54. The smallest absolute Gasteiger partial charge is 0.149 e. The lowest BCUT2D eigenvalue weighted by molar-refractivity contribution is 0.883. The van der Waals surface area contributed by atoms with E-state index in [0.29, 0.717) is 0 Å². The van der Waals surface area contributed by atoms with E-state index in [1.165, 1.54) is 11.1 Å². The highest BCUT2D eigenvalue weighted by Gasteiger charge is 2.06. The molecular weight excluding hydrogens is 236 g/mol. The molecule has 19 heavy (non-hydrogen) atoms. The van der Waals surface area contributed by atoms with Crippen molar-refractivity contribution in [2.45, 2.75) is 20.4 Å². The summed E-state index contributed by atoms with van der Waals surface area (Å²) < 4.78 is 0. The molecule has 0 saturated carbocycles. The van der Waals surface area contributed by atoms with Crippen LogP contribution in [0.3, 0.4) is 0 Å². The standard InChI is InChI=1S/C15H20N4/c1-4-17-14-9-16-10-15(18-14)19(3)11-13-8-6-5-7-12(13)2/h5-10H,4,11H2,1-3H3,(H,17,18). The summed E-state index contributed by atoms with van der Waals surface area (Å²) in [5.41, 5.74) is 2.60. The minimum Gasteiger partial charge on any atom is -0.369 e. The molecule has 1 N–H and O–H groups in total. The quantitative estimate of drug-likeness (QED) is 0.893. The van der Waals surface area contributed by atoms with Gasteiger partial charge in [-0.1, -0.05) is 24.3 Å². The van der Waals surface area contributed by atoms with Crippen molar-refractivity contribution in [3.05, 3.63) is 47.8 Å². The molecule has 0 fully saturated rings.